The third-order valence-electron chi connectivity index (χ3n) is 4.99. The Morgan fingerprint density at radius 3 is 2.27 bits per heavy atom. The molecule has 8 heteroatoms. The van der Waals surface area contributed by atoms with Crippen LogP contribution in [0.4, 0.5) is 18.9 Å². The fraction of sp³-hybridized carbons (Fsp3) is 0.318. The fourth-order valence-corrected chi connectivity index (χ4v) is 3.44. The molecule has 1 aliphatic rings. The SMILES string of the molecule is N#CC(C#N)=NNc1cc(C(F)(F)F)ccc1Oc1ccc(C2CCCCC2)cc1. The van der Waals surface area contributed by atoms with Crippen LogP contribution in [0.25, 0.3) is 0 Å². The van der Waals surface area contributed by atoms with Gasteiger partial charge >= 0.3 is 6.18 Å². The highest BCUT2D eigenvalue weighted by molar-refractivity contribution is 6.10. The van der Waals surface area contributed by atoms with Crippen LogP contribution < -0.4 is 10.2 Å². The molecule has 1 fully saturated rings. The van der Waals surface area contributed by atoms with Crippen LogP contribution in [0.15, 0.2) is 47.6 Å². The Morgan fingerprint density at radius 1 is 1.00 bits per heavy atom. The third-order valence-corrected chi connectivity index (χ3v) is 4.99. The summed E-state index contributed by atoms with van der Waals surface area (Å²) >= 11 is 0. The van der Waals surface area contributed by atoms with Crippen LogP contribution >= 0.6 is 0 Å². The van der Waals surface area contributed by atoms with Gasteiger partial charge in [-0.2, -0.15) is 28.8 Å². The van der Waals surface area contributed by atoms with Crippen LogP contribution in [0.1, 0.15) is 49.1 Å². The van der Waals surface area contributed by atoms with E-state index in [1.54, 1.807) is 12.1 Å². The summed E-state index contributed by atoms with van der Waals surface area (Å²) in [6, 6.07) is 13.5. The molecule has 0 saturated heterocycles. The van der Waals surface area contributed by atoms with E-state index in [2.05, 4.69) is 10.5 Å². The van der Waals surface area contributed by atoms with E-state index in [0.717, 1.165) is 25.0 Å². The number of ether oxygens (including phenoxy) is 1. The number of nitrogens with zero attached hydrogens (tertiary/aromatic N) is 3. The smallest absolute Gasteiger partial charge is 0.416 e. The van der Waals surface area contributed by atoms with Gasteiger partial charge in [0.1, 0.15) is 17.9 Å². The highest BCUT2D eigenvalue weighted by atomic mass is 19.4. The molecule has 0 aromatic heterocycles. The van der Waals surface area contributed by atoms with Gasteiger partial charge in [0.25, 0.3) is 0 Å². The first-order chi connectivity index (χ1) is 14.4. The topological polar surface area (TPSA) is 81.2 Å². The summed E-state index contributed by atoms with van der Waals surface area (Å²) in [5.74, 6) is 1.08. The molecule has 0 unspecified atom stereocenters. The summed E-state index contributed by atoms with van der Waals surface area (Å²) in [6.07, 6.45) is 1.46. The highest BCUT2D eigenvalue weighted by Gasteiger charge is 2.31. The molecule has 2 aromatic rings. The quantitative estimate of drug-likeness (QED) is 0.458. The van der Waals surface area contributed by atoms with Crippen molar-refractivity contribution in [2.75, 3.05) is 5.43 Å². The van der Waals surface area contributed by atoms with Crippen molar-refractivity contribution < 1.29 is 17.9 Å². The van der Waals surface area contributed by atoms with E-state index in [0.29, 0.717) is 11.7 Å². The van der Waals surface area contributed by atoms with E-state index < -0.39 is 17.5 Å². The van der Waals surface area contributed by atoms with E-state index in [1.165, 1.54) is 43.0 Å². The van der Waals surface area contributed by atoms with Crippen molar-refractivity contribution in [1.29, 1.82) is 10.5 Å². The Kier molecular flexibility index (Phi) is 6.58. The molecule has 0 atom stereocenters. The predicted molar refractivity (Wildman–Crippen MR) is 106 cm³/mol. The number of hydrogen-bond donors (Lipinski definition) is 1. The van der Waals surface area contributed by atoms with Crippen molar-refractivity contribution in [3.05, 3.63) is 53.6 Å². The normalized spacial score (nSPS) is 14.3. The molecular formula is C22H19F3N4O. The number of rotatable bonds is 5. The lowest BCUT2D eigenvalue weighted by atomic mass is 9.84. The van der Waals surface area contributed by atoms with Gasteiger partial charge in [-0.3, -0.25) is 5.43 Å². The van der Waals surface area contributed by atoms with Crippen LogP contribution in [0.5, 0.6) is 11.5 Å². The highest BCUT2D eigenvalue weighted by Crippen LogP contribution is 2.38. The number of hydrazone groups is 1. The summed E-state index contributed by atoms with van der Waals surface area (Å²) in [5, 5.41) is 21.1. The Balaban J connectivity index is 1.84. The molecule has 1 N–H and O–H groups in total. The molecular weight excluding hydrogens is 393 g/mol. The van der Waals surface area contributed by atoms with E-state index in [4.69, 9.17) is 15.3 Å². The molecule has 3 rings (SSSR count). The fourth-order valence-electron chi connectivity index (χ4n) is 3.44. The zero-order valence-corrected chi connectivity index (χ0v) is 16.0. The average molecular weight is 412 g/mol. The minimum atomic E-state index is -4.56. The van der Waals surface area contributed by atoms with Crippen LogP contribution in [-0.2, 0) is 6.18 Å². The van der Waals surface area contributed by atoms with Gasteiger partial charge in [-0.05, 0) is 54.7 Å². The van der Waals surface area contributed by atoms with Crippen molar-refractivity contribution in [3.63, 3.8) is 0 Å². The van der Waals surface area contributed by atoms with Gasteiger partial charge in [0.05, 0.1) is 11.3 Å². The van der Waals surface area contributed by atoms with Gasteiger partial charge in [0.15, 0.2) is 5.75 Å². The maximum atomic E-state index is 13.1. The Morgan fingerprint density at radius 2 is 1.67 bits per heavy atom. The summed E-state index contributed by atoms with van der Waals surface area (Å²) in [6.45, 7) is 0. The van der Waals surface area contributed by atoms with E-state index in [-0.39, 0.29) is 11.4 Å². The first kappa shape index (κ1) is 21.2. The van der Waals surface area contributed by atoms with Crippen LogP contribution in [-0.4, -0.2) is 5.71 Å². The van der Waals surface area contributed by atoms with Gasteiger partial charge in [-0.1, -0.05) is 31.4 Å². The van der Waals surface area contributed by atoms with Gasteiger partial charge in [-0.25, -0.2) is 0 Å². The third kappa shape index (κ3) is 5.30. The van der Waals surface area contributed by atoms with Gasteiger partial charge in [-0.15, -0.1) is 0 Å². The van der Waals surface area contributed by atoms with Crippen molar-refractivity contribution in [3.8, 4) is 23.6 Å². The number of hydrogen-bond acceptors (Lipinski definition) is 5. The molecule has 1 saturated carbocycles. The van der Waals surface area contributed by atoms with E-state index >= 15 is 0 Å². The summed E-state index contributed by atoms with van der Waals surface area (Å²) in [7, 11) is 0. The minimum absolute atomic E-state index is 0.0902. The zero-order valence-electron chi connectivity index (χ0n) is 16.0. The molecule has 1 aliphatic carbocycles. The number of nitriles is 2. The zero-order chi connectivity index (χ0) is 21.6. The number of anilines is 1. The summed E-state index contributed by atoms with van der Waals surface area (Å²) in [4.78, 5) is 0. The van der Waals surface area contributed by atoms with Crippen molar-refractivity contribution in [1.82, 2.24) is 0 Å². The van der Waals surface area contributed by atoms with Gasteiger partial charge in [0, 0.05) is 0 Å². The second-order valence-electron chi connectivity index (χ2n) is 7.01. The van der Waals surface area contributed by atoms with Crippen LogP contribution in [0.3, 0.4) is 0 Å². The maximum absolute atomic E-state index is 13.1. The molecule has 0 spiro atoms. The predicted octanol–water partition coefficient (Wildman–Crippen LogP) is 6.36. The van der Waals surface area contributed by atoms with Gasteiger partial charge in [0.2, 0.25) is 5.71 Å². The second kappa shape index (κ2) is 9.32. The lowest BCUT2D eigenvalue weighted by Gasteiger charge is -2.22. The molecule has 0 bridgehead atoms. The standard InChI is InChI=1S/C22H19F3N4O/c23-22(24,25)17-8-11-21(20(12-17)29-28-18(13-26)14-27)30-19-9-6-16(7-10-19)15-4-2-1-3-5-15/h6-12,15,29H,1-5H2. The molecule has 0 amide bonds. The molecule has 0 aliphatic heterocycles. The second-order valence-corrected chi connectivity index (χ2v) is 7.01. The lowest BCUT2D eigenvalue weighted by molar-refractivity contribution is -0.137. The molecule has 2 aromatic carbocycles. The molecule has 0 radical (unpaired) electrons. The molecule has 30 heavy (non-hydrogen) atoms. The van der Waals surface area contributed by atoms with Crippen molar-refractivity contribution >= 4 is 11.4 Å². The van der Waals surface area contributed by atoms with Crippen LogP contribution in [0, 0.1) is 22.7 Å². The lowest BCUT2D eigenvalue weighted by Crippen LogP contribution is -2.06. The molecule has 5 nitrogen and oxygen atoms in total. The number of nitrogens with one attached hydrogen (secondary N) is 1. The average Bonchev–Trinajstić information content (AvgIpc) is 2.76. The Labute approximate surface area is 172 Å². The first-order valence-electron chi connectivity index (χ1n) is 9.53. The number of halogens is 3. The Bertz CT molecular complexity index is 979. The van der Waals surface area contributed by atoms with Crippen molar-refractivity contribution in [2.24, 2.45) is 5.10 Å². The number of benzene rings is 2. The largest absolute Gasteiger partial charge is 0.455 e. The first-order valence-corrected chi connectivity index (χ1v) is 9.53. The van der Waals surface area contributed by atoms with E-state index in [9.17, 15) is 13.2 Å². The van der Waals surface area contributed by atoms with Gasteiger partial charge < -0.3 is 4.74 Å². The summed E-state index contributed by atoms with van der Waals surface area (Å²) in [5.41, 5.74) is 2.02. The van der Waals surface area contributed by atoms with Crippen molar-refractivity contribution in [2.45, 2.75) is 44.2 Å². The number of alkyl halides is 3. The molecule has 154 valence electrons. The Hall–Kier alpha value is -3.52. The maximum Gasteiger partial charge on any atom is 0.416 e. The monoisotopic (exact) mass is 412 g/mol. The minimum Gasteiger partial charge on any atom is -0.455 e. The van der Waals surface area contributed by atoms with E-state index in [1.807, 2.05) is 12.1 Å². The summed E-state index contributed by atoms with van der Waals surface area (Å²) < 4.78 is 45.0. The van der Waals surface area contributed by atoms with Crippen LogP contribution in [0.2, 0.25) is 0 Å². The molecule has 0 heterocycles.